The van der Waals surface area contributed by atoms with Gasteiger partial charge in [-0.15, -0.1) is 11.3 Å². The highest BCUT2D eigenvalue weighted by molar-refractivity contribution is 7.17. The third-order valence-electron chi connectivity index (χ3n) is 2.18. The second-order valence-electron chi connectivity index (χ2n) is 3.38. The largest absolute Gasteiger partial charge is 0.346 e. The first kappa shape index (κ1) is 11.2. The minimum Gasteiger partial charge on any atom is -0.346 e. The second kappa shape index (κ2) is 4.71. The number of aromatic nitrogens is 2. The molecule has 2 heterocycles. The van der Waals surface area contributed by atoms with Crippen molar-refractivity contribution >= 4 is 34.1 Å². The van der Waals surface area contributed by atoms with Crippen molar-refractivity contribution in [3.05, 3.63) is 27.2 Å². The van der Waals surface area contributed by atoms with Gasteiger partial charge in [0.2, 0.25) is 0 Å². The van der Waals surface area contributed by atoms with Crippen LogP contribution < -0.4 is 4.90 Å². The van der Waals surface area contributed by atoms with Crippen LogP contribution in [0.25, 0.3) is 0 Å². The van der Waals surface area contributed by atoms with Crippen LogP contribution >= 0.6 is 22.7 Å². The van der Waals surface area contributed by atoms with Gasteiger partial charge in [-0.1, -0.05) is 11.3 Å². The average Bonchev–Trinajstić information content (AvgIpc) is 2.88. The molecule has 0 atom stereocenters. The van der Waals surface area contributed by atoms with Gasteiger partial charge in [0.15, 0.2) is 11.4 Å². The molecular formula is C10H11N3OS2. The van der Waals surface area contributed by atoms with Gasteiger partial charge >= 0.3 is 0 Å². The standard InChI is InChI=1S/C10H11N3OS2/c1-7-9(15-6-12-7)4-13(2)10-11-3-8(5-14)16-10/h3,5-6H,4H2,1-2H3. The molecule has 2 aromatic heterocycles. The van der Waals surface area contributed by atoms with E-state index in [0.717, 1.165) is 23.7 Å². The lowest BCUT2D eigenvalue weighted by molar-refractivity contribution is 0.112. The van der Waals surface area contributed by atoms with E-state index in [9.17, 15) is 4.79 Å². The maximum atomic E-state index is 10.6. The molecule has 4 nitrogen and oxygen atoms in total. The van der Waals surface area contributed by atoms with E-state index >= 15 is 0 Å². The SMILES string of the molecule is Cc1ncsc1CN(C)c1ncc(C=O)s1. The summed E-state index contributed by atoms with van der Waals surface area (Å²) in [5, 5.41) is 0.856. The van der Waals surface area contributed by atoms with Crippen molar-refractivity contribution < 1.29 is 4.79 Å². The molecule has 2 rings (SSSR count). The quantitative estimate of drug-likeness (QED) is 0.785. The van der Waals surface area contributed by atoms with Crippen LogP contribution in [-0.2, 0) is 6.54 Å². The third kappa shape index (κ3) is 2.28. The Bertz CT molecular complexity index is 492. The maximum absolute atomic E-state index is 10.6. The van der Waals surface area contributed by atoms with Crippen molar-refractivity contribution in [2.45, 2.75) is 13.5 Å². The van der Waals surface area contributed by atoms with Gasteiger partial charge in [-0.25, -0.2) is 9.97 Å². The summed E-state index contributed by atoms with van der Waals surface area (Å²) in [5.74, 6) is 0. The van der Waals surface area contributed by atoms with E-state index in [-0.39, 0.29) is 0 Å². The number of carbonyl (C=O) groups excluding carboxylic acids is 1. The van der Waals surface area contributed by atoms with E-state index in [2.05, 4.69) is 9.97 Å². The van der Waals surface area contributed by atoms with Crippen molar-refractivity contribution in [1.82, 2.24) is 9.97 Å². The fraction of sp³-hybridized carbons (Fsp3) is 0.300. The Morgan fingerprint density at radius 2 is 2.31 bits per heavy atom. The van der Waals surface area contributed by atoms with E-state index in [1.165, 1.54) is 16.2 Å². The molecule has 0 aliphatic rings. The molecule has 0 fully saturated rings. The smallest absolute Gasteiger partial charge is 0.186 e. The second-order valence-corrected chi connectivity index (χ2v) is 5.36. The predicted molar refractivity (Wildman–Crippen MR) is 66.5 cm³/mol. The van der Waals surface area contributed by atoms with Crippen LogP contribution in [0.4, 0.5) is 5.13 Å². The molecular weight excluding hydrogens is 242 g/mol. The Kier molecular flexibility index (Phi) is 3.31. The highest BCUT2D eigenvalue weighted by atomic mass is 32.1. The molecule has 0 unspecified atom stereocenters. The Labute approximate surface area is 102 Å². The zero-order chi connectivity index (χ0) is 11.5. The van der Waals surface area contributed by atoms with Crippen molar-refractivity contribution in [1.29, 1.82) is 0 Å². The summed E-state index contributed by atoms with van der Waals surface area (Å²) >= 11 is 3.04. The molecule has 0 spiro atoms. The lowest BCUT2D eigenvalue weighted by atomic mass is 10.4. The van der Waals surface area contributed by atoms with Crippen LogP contribution in [0.2, 0.25) is 0 Å². The highest BCUT2D eigenvalue weighted by Gasteiger charge is 2.09. The van der Waals surface area contributed by atoms with Crippen molar-refractivity contribution in [2.75, 3.05) is 11.9 Å². The van der Waals surface area contributed by atoms with Gasteiger partial charge in [-0.3, -0.25) is 4.79 Å². The zero-order valence-corrected chi connectivity index (χ0v) is 10.6. The Morgan fingerprint density at radius 3 is 2.88 bits per heavy atom. The first-order chi connectivity index (χ1) is 7.70. The van der Waals surface area contributed by atoms with Crippen LogP contribution in [0, 0.1) is 6.92 Å². The molecule has 0 aliphatic carbocycles. The number of hydrogen-bond acceptors (Lipinski definition) is 6. The molecule has 2 aromatic rings. The number of nitrogens with zero attached hydrogens (tertiary/aromatic N) is 3. The lowest BCUT2D eigenvalue weighted by Crippen LogP contribution is -2.15. The number of rotatable bonds is 4. The number of anilines is 1. The molecule has 0 radical (unpaired) electrons. The number of thiazole rings is 2. The maximum Gasteiger partial charge on any atom is 0.186 e. The summed E-state index contributed by atoms with van der Waals surface area (Å²) in [6.45, 7) is 2.78. The minimum atomic E-state index is 0.655. The summed E-state index contributed by atoms with van der Waals surface area (Å²) in [5.41, 5.74) is 2.90. The van der Waals surface area contributed by atoms with Crippen LogP contribution in [-0.4, -0.2) is 23.3 Å². The molecule has 0 bridgehead atoms. The lowest BCUT2D eigenvalue weighted by Gasteiger charge is -2.14. The number of carbonyl (C=O) groups is 1. The first-order valence-electron chi connectivity index (χ1n) is 4.72. The van der Waals surface area contributed by atoms with Crippen LogP contribution in [0.1, 0.15) is 20.2 Å². The first-order valence-corrected chi connectivity index (χ1v) is 6.41. The fourth-order valence-electron chi connectivity index (χ4n) is 1.27. The van der Waals surface area contributed by atoms with Gasteiger partial charge < -0.3 is 4.90 Å². The van der Waals surface area contributed by atoms with E-state index in [4.69, 9.17) is 0 Å². The topological polar surface area (TPSA) is 46.1 Å². The molecule has 0 aliphatic heterocycles. The molecule has 6 heteroatoms. The van der Waals surface area contributed by atoms with Gasteiger partial charge in [0, 0.05) is 11.9 Å². The predicted octanol–water partition coefficient (Wildman–Crippen LogP) is 2.36. The number of aryl methyl sites for hydroxylation is 1. The normalized spacial score (nSPS) is 10.4. The fourth-order valence-corrected chi connectivity index (χ4v) is 2.79. The summed E-state index contributed by atoms with van der Waals surface area (Å²) in [7, 11) is 1.96. The van der Waals surface area contributed by atoms with Gasteiger partial charge in [-0.2, -0.15) is 0 Å². The number of hydrogen-bond donors (Lipinski definition) is 0. The molecule has 0 saturated heterocycles. The Balaban J connectivity index is 2.11. The van der Waals surface area contributed by atoms with Crippen LogP contribution in [0.5, 0.6) is 0 Å². The van der Waals surface area contributed by atoms with Crippen LogP contribution in [0.3, 0.4) is 0 Å². The summed E-state index contributed by atoms with van der Waals surface area (Å²) in [6.07, 6.45) is 2.43. The van der Waals surface area contributed by atoms with E-state index < -0.39 is 0 Å². The molecule has 0 saturated carbocycles. The van der Waals surface area contributed by atoms with Crippen molar-refractivity contribution in [3.63, 3.8) is 0 Å². The monoisotopic (exact) mass is 253 g/mol. The minimum absolute atomic E-state index is 0.655. The van der Waals surface area contributed by atoms with E-state index in [1.807, 2.05) is 24.4 Å². The van der Waals surface area contributed by atoms with Gasteiger partial charge in [0.05, 0.1) is 28.8 Å². The molecule has 0 N–H and O–H groups in total. The highest BCUT2D eigenvalue weighted by Crippen LogP contribution is 2.23. The third-order valence-corrected chi connectivity index (χ3v) is 4.14. The Hall–Kier alpha value is -1.27. The van der Waals surface area contributed by atoms with E-state index in [1.54, 1.807) is 17.5 Å². The Morgan fingerprint density at radius 1 is 1.50 bits per heavy atom. The van der Waals surface area contributed by atoms with Crippen molar-refractivity contribution in [2.24, 2.45) is 0 Å². The molecule has 0 amide bonds. The summed E-state index contributed by atoms with van der Waals surface area (Å²) in [4.78, 5) is 22.9. The summed E-state index contributed by atoms with van der Waals surface area (Å²) < 4.78 is 0. The number of aldehydes is 1. The molecule has 16 heavy (non-hydrogen) atoms. The van der Waals surface area contributed by atoms with Gasteiger partial charge in [-0.05, 0) is 6.92 Å². The zero-order valence-electron chi connectivity index (χ0n) is 9.01. The summed E-state index contributed by atoms with van der Waals surface area (Å²) in [6, 6.07) is 0. The molecule has 0 aromatic carbocycles. The van der Waals surface area contributed by atoms with Crippen molar-refractivity contribution in [3.8, 4) is 0 Å². The van der Waals surface area contributed by atoms with Gasteiger partial charge in [0.25, 0.3) is 0 Å². The van der Waals surface area contributed by atoms with Crippen LogP contribution in [0.15, 0.2) is 11.7 Å². The van der Waals surface area contributed by atoms with Gasteiger partial charge in [0.1, 0.15) is 0 Å². The average molecular weight is 253 g/mol. The van der Waals surface area contributed by atoms with E-state index in [0.29, 0.717) is 4.88 Å². The molecule has 84 valence electrons.